The molecule has 0 aliphatic heterocycles. The van der Waals surface area contributed by atoms with Crippen LogP contribution in [0, 0.1) is 5.92 Å². The number of anilines is 2. The molecule has 2 rings (SSSR count). The Balaban J connectivity index is 1.84. The summed E-state index contributed by atoms with van der Waals surface area (Å²) >= 11 is 5.83. The molecule has 136 valence electrons. The quantitative estimate of drug-likeness (QED) is 0.726. The first-order valence-corrected chi connectivity index (χ1v) is 8.47. The lowest BCUT2D eigenvalue weighted by atomic mass is 10.2. The third kappa shape index (κ3) is 5.89. The Labute approximate surface area is 156 Å². The van der Waals surface area contributed by atoms with Gasteiger partial charge in [-0.05, 0) is 42.5 Å². The summed E-state index contributed by atoms with van der Waals surface area (Å²) in [6.45, 7) is 3.44. The molecule has 0 saturated carbocycles. The number of nitrogens with one attached hydrogen (secondary N) is 3. The van der Waals surface area contributed by atoms with Gasteiger partial charge in [-0.15, -0.1) is 0 Å². The van der Waals surface area contributed by atoms with E-state index in [2.05, 4.69) is 16.0 Å². The average molecular weight is 374 g/mol. The molecule has 0 aromatic heterocycles. The van der Waals surface area contributed by atoms with E-state index in [9.17, 15) is 14.4 Å². The first kappa shape index (κ1) is 19.5. The molecule has 0 heterocycles. The molecular formula is C19H20ClN3O3. The van der Waals surface area contributed by atoms with E-state index in [4.69, 9.17) is 11.6 Å². The maximum absolute atomic E-state index is 12.0. The predicted octanol–water partition coefficient (Wildman–Crippen LogP) is 3.30. The van der Waals surface area contributed by atoms with Gasteiger partial charge in [0.15, 0.2) is 0 Å². The summed E-state index contributed by atoms with van der Waals surface area (Å²) in [6.07, 6.45) is 0. The van der Waals surface area contributed by atoms with E-state index in [1.54, 1.807) is 42.5 Å². The number of rotatable bonds is 6. The number of benzene rings is 2. The Morgan fingerprint density at radius 1 is 0.962 bits per heavy atom. The molecule has 7 heteroatoms. The Morgan fingerprint density at radius 2 is 1.58 bits per heavy atom. The number of hydrogen-bond acceptors (Lipinski definition) is 3. The molecule has 26 heavy (non-hydrogen) atoms. The molecule has 3 amide bonds. The summed E-state index contributed by atoms with van der Waals surface area (Å²) in [6, 6.07) is 13.2. The first-order chi connectivity index (χ1) is 12.3. The van der Waals surface area contributed by atoms with Crippen molar-refractivity contribution in [3.05, 3.63) is 59.1 Å². The Morgan fingerprint density at radius 3 is 2.15 bits per heavy atom. The van der Waals surface area contributed by atoms with Crippen LogP contribution in [0.4, 0.5) is 11.4 Å². The minimum absolute atomic E-state index is 0.0782. The van der Waals surface area contributed by atoms with E-state index in [0.29, 0.717) is 22.0 Å². The normalized spacial score (nSPS) is 10.3. The van der Waals surface area contributed by atoms with Crippen LogP contribution >= 0.6 is 11.6 Å². The second kappa shape index (κ2) is 9.01. The van der Waals surface area contributed by atoms with E-state index < -0.39 is 0 Å². The number of halogens is 1. The molecule has 0 bridgehead atoms. The summed E-state index contributed by atoms with van der Waals surface area (Å²) < 4.78 is 0. The fourth-order valence-corrected chi connectivity index (χ4v) is 2.21. The van der Waals surface area contributed by atoms with Crippen molar-refractivity contribution in [2.24, 2.45) is 5.92 Å². The third-order valence-electron chi connectivity index (χ3n) is 3.46. The predicted molar refractivity (Wildman–Crippen MR) is 102 cm³/mol. The third-order valence-corrected chi connectivity index (χ3v) is 3.69. The summed E-state index contributed by atoms with van der Waals surface area (Å²) in [4.78, 5) is 35.5. The van der Waals surface area contributed by atoms with Crippen LogP contribution in [0.5, 0.6) is 0 Å². The van der Waals surface area contributed by atoms with Gasteiger partial charge in [-0.3, -0.25) is 14.4 Å². The van der Waals surface area contributed by atoms with E-state index in [-0.39, 0.29) is 30.2 Å². The molecule has 0 spiro atoms. The van der Waals surface area contributed by atoms with Crippen molar-refractivity contribution in [2.75, 3.05) is 17.2 Å². The van der Waals surface area contributed by atoms with Crippen molar-refractivity contribution in [2.45, 2.75) is 13.8 Å². The fraction of sp³-hybridized carbons (Fsp3) is 0.211. The first-order valence-electron chi connectivity index (χ1n) is 8.09. The lowest BCUT2D eigenvalue weighted by Gasteiger charge is -2.10. The van der Waals surface area contributed by atoms with Crippen molar-refractivity contribution < 1.29 is 14.4 Å². The van der Waals surface area contributed by atoms with Crippen molar-refractivity contribution in [1.82, 2.24) is 5.32 Å². The van der Waals surface area contributed by atoms with Gasteiger partial charge in [-0.1, -0.05) is 31.5 Å². The zero-order chi connectivity index (χ0) is 19.1. The van der Waals surface area contributed by atoms with Crippen LogP contribution in [0.1, 0.15) is 24.2 Å². The molecule has 0 saturated heterocycles. The Hall–Kier alpha value is -2.86. The molecule has 2 aromatic carbocycles. The highest BCUT2D eigenvalue weighted by Crippen LogP contribution is 2.14. The largest absolute Gasteiger partial charge is 0.343 e. The van der Waals surface area contributed by atoms with Gasteiger partial charge in [0.2, 0.25) is 11.8 Å². The molecule has 0 aliphatic carbocycles. The van der Waals surface area contributed by atoms with Crippen LogP contribution in [-0.2, 0) is 9.59 Å². The Kier molecular flexibility index (Phi) is 6.74. The minimum atomic E-state index is -0.380. The fourth-order valence-electron chi connectivity index (χ4n) is 2.02. The van der Waals surface area contributed by atoms with Crippen LogP contribution in [-0.4, -0.2) is 24.3 Å². The van der Waals surface area contributed by atoms with E-state index in [1.807, 2.05) is 13.8 Å². The van der Waals surface area contributed by atoms with Gasteiger partial charge >= 0.3 is 0 Å². The molecule has 2 aromatic rings. The molecule has 0 aliphatic rings. The molecule has 3 N–H and O–H groups in total. The second-order valence-electron chi connectivity index (χ2n) is 5.96. The lowest BCUT2D eigenvalue weighted by molar-refractivity contribution is -0.119. The van der Waals surface area contributed by atoms with Crippen LogP contribution in [0.15, 0.2) is 48.5 Å². The number of hydrogen-bond donors (Lipinski definition) is 3. The summed E-state index contributed by atoms with van der Waals surface area (Å²) in [5.41, 5.74) is 1.60. The van der Waals surface area contributed by atoms with Gasteiger partial charge in [0.05, 0.1) is 6.54 Å². The molecule has 0 radical (unpaired) electrons. The van der Waals surface area contributed by atoms with Gasteiger partial charge in [-0.25, -0.2) is 0 Å². The smallest absolute Gasteiger partial charge is 0.251 e. The topological polar surface area (TPSA) is 87.3 Å². The van der Waals surface area contributed by atoms with E-state index in [0.717, 1.165) is 0 Å². The van der Waals surface area contributed by atoms with Crippen molar-refractivity contribution in [1.29, 1.82) is 0 Å². The number of amides is 3. The lowest BCUT2D eigenvalue weighted by Crippen LogP contribution is -2.32. The molecule has 0 atom stereocenters. The van der Waals surface area contributed by atoms with Crippen molar-refractivity contribution in [3.8, 4) is 0 Å². The maximum Gasteiger partial charge on any atom is 0.251 e. The SMILES string of the molecule is CC(C)C(=O)Nc1ccc(NC(=O)CNC(=O)c2cccc(Cl)c2)cc1. The van der Waals surface area contributed by atoms with Crippen LogP contribution in [0.3, 0.4) is 0 Å². The van der Waals surface area contributed by atoms with Gasteiger partial charge in [0, 0.05) is 27.9 Å². The monoisotopic (exact) mass is 373 g/mol. The average Bonchev–Trinajstić information content (AvgIpc) is 2.61. The molecule has 0 unspecified atom stereocenters. The summed E-state index contributed by atoms with van der Waals surface area (Å²) in [7, 11) is 0. The van der Waals surface area contributed by atoms with E-state index in [1.165, 1.54) is 6.07 Å². The van der Waals surface area contributed by atoms with Crippen molar-refractivity contribution >= 4 is 40.7 Å². The van der Waals surface area contributed by atoms with Crippen LogP contribution in [0.25, 0.3) is 0 Å². The van der Waals surface area contributed by atoms with Gasteiger partial charge in [-0.2, -0.15) is 0 Å². The minimum Gasteiger partial charge on any atom is -0.343 e. The number of carbonyl (C=O) groups excluding carboxylic acids is 3. The second-order valence-corrected chi connectivity index (χ2v) is 6.40. The highest BCUT2D eigenvalue weighted by molar-refractivity contribution is 6.31. The van der Waals surface area contributed by atoms with E-state index >= 15 is 0 Å². The van der Waals surface area contributed by atoms with Gasteiger partial charge in [0.1, 0.15) is 0 Å². The molecule has 6 nitrogen and oxygen atoms in total. The summed E-state index contributed by atoms with van der Waals surface area (Å²) in [5.74, 6) is -0.934. The highest BCUT2D eigenvalue weighted by atomic mass is 35.5. The van der Waals surface area contributed by atoms with Crippen molar-refractivity contribution in [3.63, 3.8) is 0 Å². The Bertz CT molecular complexity index is 804. The van der Waals surface area contributed by atoms with Gasteiger partial charge in [0.25, 0.3) is 5.91 Å². The maximum atomic E-state index is 12.0. The zero-order valence-corrected chi connectivity index (χ0v) is 15.3. The summed E-state index contributed by atoms with van der Waals surface area (Å²) in [5, 5.41) is 8.42. The number of carbonyl (C=O) groups is 3. The molecular weight excluding hydrogens is 354 g/mol. The van der Waals surface area contributed by atoms with Crippen LogP contribution < -0.4 is 16.0 Å². The molecule has 0 fully saturated rings. The zero-order valence-electron chi connectivity index (χ0n) is 14.5. The van der Waals surface area contributed by atoms with Gasteiger partial charge < -0.3 is 16.0 Å². The standard InChI is InChI=1S/C19H20ClN3O3/c1-12(2)18(25)23-16-8-6-15(7-9-16)22-17(24)11-21-19(26)13-4-3-5-14(20)10-13/h3-10,12H,11H2,1-2H3,(H,21,26)(H,22,24)(H,23,25). The highest BCUT2D eigenvalue weighted by Gasteiger charge is 2.10. The van der Waals surface area contributed by atoms with Crippen LogP contribution in [0.2, 0.25) is 5.02 Å².